The molecule has 0 saturated carbocycles. The molecule has 12 heteroatoms. The molecule has 0 radical (unpaired) electrons. The number of ether oxygens (including phenoxy) is 1. The number of unbranched alkanes of at least 4 members (excludes halogenated alkanes) is 9. The van der Waals surface area contributed by atoms with E-state index >= 15 is 0 Å². The molecule has 0 aliphatic rings. The van der Waals surface area contributed by atoms with Crippen molar-refractivity contribution in [3.8, 4) is 0 Å². The van der Waals surface area contributed by atoms with E-state index in [4.69, 9.17) is 14.9 Å². The second-order valence-electron chi connectivity index (χ2n) is 11.0. The predicted octanol–water partition coefficient (Wildman–Crippen LogP) is 5.68. The molecule has 0 saturated heterocycles. The van der Waals surface area contributed by atoms with Crippen LogP contribution in [0.5, 0.6) is 0 Å². The maximum atomic E-state index is 13.5. The van der Waals surface area contributed by atoms with Crippen LogP contribution in [0, 0.1) is 0 Å². The molecule has 0 aliphatic carbocycles. The summed E-state index contributed by atoms with van der Waals surface area (Å²) in [6.45, 7) is 8.35. The molecule has 0 aromatic heterocycles. The van der Waals surface area contributed by atoms with E-state index in [1.807, 2.05) is 0 Å². The van der Waals surface area contributed by atoms with Crippen molar-refractivity contribution in [3.63, 3.8) is 0 Å². The van der Waals surface area contributed by atoms with Gasteiger partial charge in [0.05, 0.1) is 0 Å². The van der Waals surface area contributed by atoms with Crippen LogP contribution in [0.4, 0.5) is 14.4 Å². The first kappa shape index (κ1) is 37.6. The highest BCUT2D eigenvalue weighted by Gasteiger charge is 2.28. The van der Waals surface area contributed by atoms with E-state index in [0.29, 0.717) is 18.6 Å². The molecule has 0 rings (SSSR count). The Hall–Kier alpha value is -2.37. The minimum Gasteiger partial charge on any atom is -0.465 e. The molecule has 0 spiro atoms. The van der Waals surface area contributed by atoms with Gasteiger partial charge in [0, 0.05) is 31.9 Å². The van der Waals surface area contributed by atoms with Gasteiger partial charge in [0.25, 0.3) is 0 Å². The number of hydrogen-bond donors (Lipinski definition) is 5. The highest BCUT2D eigenvalue weighted by atomic mass is 32.2. The molecule has 0 aliphatic heterocycles. The quantitative estimate of drug-likeness (QED) is 0.0952. The summed E-state index contributed by atoms with van der Waals surface area (Å²) >= 11 is 1.61. The van der Waals surface area contributed by atoms with Crippen molar-refractivity contribution < 1.29 is 34.1 Å². The fraction of sp³-hybridized carbons (Fsp3) is 0.857. The Labute approximate surface area is 244 Å². The molecule has 0 heterocycles. The van der Waals surface area contributed by atoms with Crippen molar-refractivity contribution in [2.24, 2.45) is 0 Å². The molecule has 0 aromatic rings. The number of nitrogens with one attached hydrogen (secondary N) is 3. The van der Waals surface area contributed by atoms with E-state index in [1.165, 1.54) is 51.4 Å². The summed E-state index contributed by atoms with van der Waals surface area (Å²) in [6, 6.07) is -0.817. The summed E-state index contributed by atoms with van der Waals surface area (Å²) in [4.78, 5) is 49.1. The molecule has 1 unspecified atom stereocenters. The lowest BCUT2D eigenvalue weighted by molar-refractivity contribution is -0.133. The van der Waals surface area contributed by atoms with Gasteiger partial charge < -0.3 is 35.8 Å². The van der Waals surface area contributed by atoms with Gasteiger partial charge in [-0.1, -0.05) is 64.7 Å². The maximum Gasteiger partial charge on any atom is 0.408 e. The predicted molar refractivity (Wildman–Crippen MR) is 160 cm³/mol. The Bertz CT molecular complexity index is 697. The third-order valence-electron chi connectivity index (χ3n) is 5.99. The van der Waals surface area contributed by atoms with E-state index in [1.54, 1.807) is 37.4 Å². The highest BCUT2D eigenvalue weighted by Crippen LogP contribution is 2.15. The lowest BCUT2D eigenvalue weighted by atomic mass is 10.1. The molecule has 0 aromatic carbocycles. The molecule has 1 atom stereocenters. The van der Waals surface area contributed by atoms with Gasteiger partial charge in [0.1, 0.15) is 11.6 Å². The van der Waals surface area contributed by atoms with Crippen molar-refractivity contribution in [3.05, 3.63) is 0 Å². The number of amides is 4. The normalized spacial score (nSPS) is 11.9. The SMILES string of the molecule is CCCCCCCCCCCCSCC(NC(=O)OC(C)(C)C)C(=O)N(CCCNC(=O)O)CCCNC(=O)O. The molecule has 4 amide bonds. The van der Waals surface area contributed by atoms with E-state index < -0.39 is 29.9 Å². The number of hydrogen-bond acceptors (Lipinski definition) is 6. The summed E-state index contributed by atoms with van der Waals surface area (Å²) in [5.74, 6) is 0.959. The van der Waals surface area contributed by atoms with Gasteiger partial charge >= 0.3 is 18.3 Å². The number of rotatable bonds is 23. The number of carboxylic acid groups (broad SMARTS) is 2. The molecular formula is C28H54N4O7S. The standard InChI is InChI=1S/C28H54N4O7S/c1-5-6-7-8-9-10-11-12-13-14-21-40-22-23(31-27(38)39-28(2,3)4)24(33)32(19-15-17-29-25(34)35)20-16-18-30-26(36)37/h23,29-30H,5-22H2,1-4H3,(H,31,38)(H,34,35)(H,36,37). The summed E-state index contributed by atoms with van der Waals surface area (Å²) < 4.78 is 5.38. The fourth-order valence-corrected chi connectivity index (χ4v) is 5.04. The second kappa shape index (κ2) is 23.3. The first-order valence-electron chi connectivity index (χ1n) is 14.8. The molecular weight excluding hydrogens is 536 g/mol. The van der Waals surface area contributed by atoms with Gasteiger partial charge in [0.15, 0.2) is 0 Å². The average Bonchev–Trinajstić information content (AvgIpc) is 2.85. The lowest BCUT2D eigenvalue weighted by Gasteiger charge is -2.29. The van der Waals surface area contributed by atoms with Crippen LogP contribution in [-0.2, 0) is 9.53 Å². The molecule has 0 bridgehead atoms. The monoisotopic (exact) mass is 590 g/mol. The molecule has 0 fully saturated rings. The minimum absolute atomic E-state index is 0.171. The van der Waals surface area contributed by atoms with E-state index in [2.05, 4.69) is 22.9 Å². The topological polar surface area (TPSA) is 157 Å². The van der Waals surface area contributed by atoms with Gasteiger partial charge in [-0.15, -0.1) is 0 Å². The van der Waals surface area contributed by atoms with Gasteiger partial charge in [-0.25, -0.2) is 14.4 Å². The summed E-state index contributed by atoms with van der Waals surface area (Å²) in [6.07, 6.45) is 10.3. The Kier molecular flexibility index (Phi) is 22.0. The van der Waals surface area contributed by atoms with Gasteiger partial charge in [-0.05, 0) is 45.8 Å². The summed E-state index contributed by atoms with van der Waals surface area (Å²) in [5, 5.41) is 24.9. The Morgan fingerprint density at radius 2 is 1.25 bits per heavy atom. The molecule has 5 N–H and O–H groups in total. The number of carbonyl (C=O) groups is 4. The zero-order chi connectivity index (χ0) is 30.2. The van der Waals surface area contributed by atoms with Crippen LogP contribution in [0.1, 0.15) is 105 Å². The van der Waals surface area contributed by atoms with Gasteiger partial charge in [0.2, 0.25) is 5.91 Å². The van der Waals surface area contributed by atoms with Crippen LogP contribution in [0.2, 0.25) is 0 Å². The zero-order valence-corrected chi connectivity index (χ0v) is 25.9. The van der Waals surface area contributed by atoms with Crippen molar-refractivity contribution in [2.75, 3.05) is 37.7 Å². The molecule has 11 nitrogen and oxygen atoms in total. The van der Waals surface area contributed by atoms with Crippen LogP contribution in [0.3, 0.4) is 0 Å². The highest BCUT2D eigenvalue weighted by molar-refractivity contribution is 7.99. The van der Waals surface area contributed by atoms with Crippen LogP contribution in [-0.4, -0.2) is 88.6 Å². The van der Waals surface area contributed by atoms with Crippen LogP contribution < -0.4 is 16.0 Å². The smallest absolute Gasteiger partial charge is 0.408 e. The average molecular weight is 591 g/mol. The van der Waals surface area contributed by atoms with Gasteiger partial charge in [-0.3, -0.25) is 4.79 Å². The largest absolute Gasteiger partial charge is 0.465 e. The first-order valence-corrected chi connectivity index (χ1v) is 15.9. The minimum atomic E-state index is -1.14. The second-order valence-corrected chi connectivity index (χ2v) is 12.1. The van der Waals surface area contributed by atoms with E-state index in [0.717, 1.165) is 18.6 Å². The fourth-order valence-electron chi connectivity index (χ4n) is 4.00. The third-order valence-corrected chi connectivity index (χ3v) is 7.14. The van der Waals surface area contributed by atoms with Gasteiger partial charge in [-0.2, -0.15) is 11.8 Å². The lowest BCUT2D eigenvalue weighted by Crippen LogP contribution is -2.52. The van der Waals surface area contributed by atoms with Crippen LogP contribution in [0.15, 0.2) is 0 Å². The van der Waals surface area contributed by atoms with Crippen molar-refractivity contribution in [1.82, 2.24) is 20.9 Å². The Morgan fingerprint density at radius 3 is 1.70 bits per heavy atom. The molecule has 40 heavy (non-hydrogen) atoms. The van der Waals surface area contributed by atoms with Crippen LogP contribution >= 0.6 is 11.8 Å². The van der Waals surface area contributed by atoms with Crippen LogP contribution in [0.25, 0.3) is 0 Å². The number of thioether (sulfide) groups is 1. The summed E-state index contributed by atoms with van der Waals surface area (Å²) in [7, 11) is 0. The summed E-state index contributed by atoms with van der Waals surface area (Å²) in [5.41, 5.74) is -0.717. The Morgan fingerprint density at radius 1 is 0.775 bits per heavy atom. The van der Waals surface area contributed by atoms with Crippen molar-refractivity contribution in [2.45, 2.75) is 116 Å². The maximum absolute atomic E-state index is 13.5. The first-order chi connectivity index (χ1) is 19.0. The van der Waals surface area contributed by atoms with E-state index in [-0.39, 0.29) is 32.1 Å². The van der Waals surface area contributed by atoms with Crippen molar-refractivity contribution in [1.29, 1.82) is 0 Å². The number of nitrogens with zero attached hydrogens (tertiary/aromatic N) is 1. The number of alkyl carbamates (subject to hydrolysis) is 1. The molecule has 234 valence electrons. The van der Waals surface area contributed by atoms with E-state index in [9.17, 15) is 19.2 Å². The Balaban J connectivity index is 4.91. The zero-order valence-electron chi connectivity index (χ0n) is 25.1. The third kappa shape index (κ3) is 23.5. The van der Waals surface area contributed by atoms with Crippen molar-refractivity contribution >= 4 is 35.9 Å². The number of carbonyl (C=O) groups excluding carboxylic acids is 2.